The third-order valence-electron chi connectivity index (χ3n) is 4.73. The van der Waals surface area contributed by atoms with Crippen molar-refractivity contribution in [2.45, 2.75) is 13.1 Å². The van der Waals surface area contributed by atoms with E-state index in [0.717, 1.165) is 22.5 Å². The number of para-hydroxylation sites is 1. The second-order valence-corrected chi connectivity index (χ2v) is 6.54. The van der Waals surface area contributed by atoms with Crippen LogP contribution in [0.25, 0.3) is 0 Å². The highest BCUT2D eigenvalue weighted by Crippen LogP contribution is 2.39. The Morgan fingerprint density at radius 2 is 1.85 bits per heavy atom. The molecule has 0 aromatic heterocycles. The number of benzene rings is 3. The van der Waals surface area contributed by atoms with Gasteiger partial charge in [0.2, 0.25) is 0 Å². The van der Waals surface area contributed by atoms with Crippen molar-refractivity contribution in [1.82, 2.24) is 0 Å². The highest BCUT2D eigenvalue weighted by Gasteiger charge is 2.34. The zero-order chi connectivity index (χ0) is 19.0. The van der Waals surface area contributed by atoms with E-state index >= 15 is 0 Å². The number of methoxy groups -OCH3 is 1. The van der Waals surface area contributed by atoms with E-state index in [-0.39, 0.29) is 11.7 Å². The molecule has 3 aromatic carbocycles. The molecule has 1 amide bonds. The molecule has 136 valence electrons. The Morgan fingerprint density at radius 1 is 1.04 bits per heavy atom. The first-order valence-corrected chi connectivity index (χ1v) is 8.71. The van der Waals surface area contributed by atoms with E-state index in [0.29, 0.717) is 11.3 Å². The molecule has 0 bridgehead atoms. The molecule has 0 aliphatic carbocycles. The number of carbonyl (C=O) groups excluding carboxylic acids is 1. The predicted octanol–water partition coefficient (Wildman–Crippen LogP) is 4.48. The summed E-state index contributed by atoms with van der Waals surface area (Å²) in [7, 11) is 1.51. The van der Waals surface area contributed by atoms with Crippen LogP contribution in [-0.4, -0.2) is 18.1 Å². The van der Waals surface area contributed by atoms with Crippen LogP contribution in [-0.2, 0) is 0 Å². The van der Waals surface area contributed by atoms with E-state index in [2.05, 4.69) is 5.32 Å². The number of aryl methyl sites for hydroxylation is 1. The predicted molar refractivity (Wildman–Crippen MR) is 105 cm³/mol. The molecule has 3 aromatic rings. The van der Waals surface area contributed by atoms with Gasteiger partial charge in [-0.05, 0) is 54.4 Å². The molecule has 4 rings (SSSR count). The van der Waals surface area contributed by atoms with Crippen LogP contribution in [0.3, 0.4) is 0 Å². The maximum atomic E-state index is 13.3. The maximum absolute atomic E-state index is 13.3. The van der Waals surface area contributed by atoms with Crippen molar-refractivity contribution in [3.63, 3.8) is 0 Å². The molecule has 0 spiro atoms. The van der Waals surface area contributed by atoms with Crippen molar-refractivity contribution in [2.24, 2.45) is 0 Å². The van der Waals surface area contributed by atoms with Gasteiger partial charge in [0, 0.05) is 11.4 Å². The summed E-state index contributed by atoms with van der Waals surface area (Å²) in [6.07, 6.45) is -0.453. The number of nitrogens with zero attached hydrogens (tertiary/aromatic N) is 1. The normalized spacial score (nSPS) is 15.9. The zero-order valence-corrected chi connectivity index (χ0v) is 15.1. The fourth-order valence-corrected chi connectivity index (χ4v) is 3.41. The third kappa shape index (κ3) is 2.97. The van der Waals surface area contributed by atoms with Crippen LogP contribution >= 0.6 is 0 Å². The average Bonchev–Trinajstić information content (AvgIpc) is 2.68. The van der Waals surface area contributed by atoms with Gasteiger partial charge >= 0.3 is 0 Å². The lowest BCUT2D eigenvalue weighted by molar-refractivity contribution is 0.0975. The van der Waals surface area contributed by atoms with E-state index in [1.807, 2.05) is 61.5 Å². The monoisotopic (exact) mass is 360 g/mol. The van der Waals surface area contributed by atoms with Gasteiger partial charge in [-0.3, -0.25) is 9.69 Å². The van der Waals surface area contributed by atoms with Gasteiger partial charge in [0.15, 0.2) is 11.5 Å². The molecule has 5 nitrogen and oxygen atoms in total. The van der Waals surface area contributed by atoms with Crippen LogP contribution in [0.1, 0.15) is 27.7 Å². The minimum absolute atomic E-state index is 0.0345. The molecular formula is C22H20N2O3. The fraction of sp³-hybridized carbons (Fsp3) is 0.136. The number of amides is 1. The standard InChI is InChI=1S/C22H20N2O3/c1-14-6-5-7-16(12-14)24-21(15-10-11-20(27-2)19(25)13-15)23-18-9-4-3-8-17(18)22(24)26/h3-13,21,23,25H,1-2H3/t21-/m1/s1. The maximum Gasteiger partial charge on any atom is 0.262 e. The number of ether oxygens (including phenoxy) is 1. The van der Waals surface area contributed by atoms with Gasteiger partial charge in [0.1, 0.15) is 6.17 Å². The van der Waals surface area contributed by atoms with Crippen LogP contribution in [0.5, 0.6) is 11.5 Å². The minimum atomic E-state index is -0.453. The molecule has 1 aliphatic heterocycles. The van der Waals surface area contributed by atoms with Gasteiger partial charge in [0.25, 0.3) is 5.91 Å². The van der Waals surface area contributed by atoms with Crippen molar-refractivity contribution >= 4 is 17.3 Å². The SMILES string of the molecule is COc1ccc([C@@H]2Nc3ccccc3C(=O)N2c2cccc(C)c2)cc1O. The summed E-state index contributed by atoms with van der Waals surface area (Å²) < 4.78 is 5.14. The van der Waals surface area contributed by atoms with Crippen LogP contribution in [0.2, 0.25) is 0 Å². The van der Waals surface area contributed by atoms with Gasteiger partial charge in [-0.15, -0.1) is 0 Å². The van der Waals surface area contributed by atoms with Crippen molar-refractivity contribution in [1.29, 1.82) is 0 Å². The first-order valence-electron chi connectivity index (χ1n) is 8.71. The van der Waals surface area contributed by atoms with E-state index in [1.54, 1.807) is 17.0 Å². The van der Waals surface area contributed by atoms with Crippen molar-refractivity contribution in [2.75, 3.05) is 17.3 Å². The summed E-state index contributed by atoms with van der Waals surface area (Å²) in [5, 5.41) is 13.7. The summed E-state index contributed by atoms with van der Waals surface area (Å²) in [4.78, 5) is 15.0. The molecular weight excluding hydrogens is 340 g/mol. The van der Waals surface area contributed by atoms with Crippen molar-refractivity contribution in [3.8, 4) is 11.5 Å². The second kappa shape index (κ2) is 6.68. The lowest BCUT2D eigenvalue weighted by atomic mass is 10.0. The van der Waals surface area contributed by atoms with E-state index in [1.165, 1.54) is 7.11 Å². The number of anilines is 2. The number of fused-ring (bicyclic) bond motifs is 1. The fourth-order valence-electron chi connectivity index (χ4n) is 3.41. The number of hydrogen-bond donors (Lipinski definition) is 2. The van der Waals surface area contributed by atoms with Gasteiger partial charge < -0.3 is 15.2 Å². The number of rotatable bonds is 3. The number of phenolic OH excluding ortho intramolecular Hbond substituents is 1. The molecule has 0 fully saturated rings. The molecule has 27 heavy (non-hydrogen) atoms. The van der Waals surface area contributed by atoms with Crippen LogP contribution < -0.4 is 15.0 Å². The summed E-state index contributed by atoms with van der Waals surface area (Å²) in [5.74, 6) is 0.339. The second-order valence-electron chi connectivity index (χ2n) is 6.54. The largest absolute Gasteiger partial charge is 0.504 e. The quantitative estimate of drug-likeness (QED) is 0.723. The van der Waals surface area contributed by atoms with E-state index in [9.17, 15) is 9.90 Å². The average molecular weight is 360 g/mol. The van der Waals surface area contributed by atoms with Gasteiger partial charge in [0.05, 0.1) is 12.7 Å². The van der Waals surface area contributed by atoms with Gasteiger partial charge in [-0.2, -0.15) is 0 Å². The summed E-state index contributed by atoms with van der Waals surface area (Å²) in [6, 6.07) is 20.4. The van der Waals surface area contributed by atoms with Crippen LogP contribution in [0, 0.1) is 6.92 Å². The topological polar surface area (TPSA) is 61.8 Å². The minimum Gasteiger partial charge on any atom is -0.504 e. The molecule has 2 N–H and O–H groups in total. The Bertz CT molecular complexity index is 1020. The van der Waals surface area contributed by atoms with Crippen LogP contribution in [0.4, 0.5) is 11.4 Å². The number of carbonyl (C=O) groups is 1. The highest BCUT2D eigenvalue weighted by molar-refractivity contribution is 6.12. The third-order valence-corrected chi connectivity index (χ3v) is 4.73. The Kier molecular flexibility index (Phi) is 4.20. The van der Waals surface area contributed by atoms with Gasteiger partial charge in [-0.25, -0.2) is 0 Å². The Labute approximate surface area is 157 Å². The summed E-state index contributed by atoms with van der Waals surface area (Å²) >= 11 is 0. The smallest absolute Gasteiger partial charge is 0.262 e. The van der Waals surface area contributed by atoms with Crippen molar-refractivity contribution < 1.29 is 14.6 Å². The molecule has 0 unspecified atom stereocenters. The Balaban J connectivity index is 1.86. The van der Waals surface area contributed by atoms with E-state index in [4.69, 9.17) is 4.74 Å². The van der Waals surface area contributed by atoms with Crippen LogP contribution in [0.15, 0.2) is 66.7 Å². The number of aromatic hydroxyl groups is 1. The number of hydrogen-bond acceptors (Lipinski definition) is 4. The van der Waals surface area contributed by atoms with Gasteiger partial charge in [-0.1, -0.05) is 30.3 Å². The lowest BCUT2D eigenvalue weighted by Crippen LogP contribution is -2.43. The first kappa shape index (κ1) is 17.0. The first-order chi connectivity index (χ1) is 13.1. The molecule has 0 saturated carbocycles. The molecule has 5 heteroatoms. The van der Waals surface area contributed by atoms with Crippen molar-refractivity contribution in [3.05, 3.63) is 83.4 Å². The Morgan fingerprint density at radius 3 is 2.59 bits per heavy atom. The Hall–Kier alpha value is -3.47. The highest BCUT2D eigenvalue weighted by atomic mass is 16.5. The summed E-state index contributed by atoms with van der Waals surface area (Å²) in [6.45, 7) is 1.99. The molecule has 1 heterocycles. The molecule has 1 atom stereocenters. The number of nitrogens with one attached hydrogen (secondary N) is 1. The zero-order valence-electron chi connectivity index (χ0n) is 15.1. The molecule has 0 radical (unpaired) electrons. The molecule has 1 aliphatic rings. The number of phenols is 1. The van der Waals surface area contributed by atoms with E-state index < -0.39 is 6.17 Å². The molecule has 0 saturated heterocycles. The lowest BCUT2D eigenvalue weighted by Gasteiger charge is -2.38. The summed E-state index contributed by atoms with van der Waals surface area (Å²) in [5.41, 5.74) is 4.01.